The Kier molecular flexibility index (Phi) is 8.28. The molecule has 0 unspecified atom stereocenters. The Morgan fingerprint density at radius 3 is 1.84 bits per heavy atom. The standard InChI is InChI=1S/C7H12O2.C6H10N4/c1-3-6(8)5-7(9)4-2;1-4-3-5(2)9-6(8-4)10-7/h3-5H2,1-2H3;3H,7H2,1-2H3,(H,8,9,10). The van der Waals surface area contributed by atoms with Gasteiger partial charge in [0.15, 0.2) is 0 Å². The molecule has 106 valence electrons. The molecule has 1 heterocycles. The van der Waals surface area contributed by atoms with E-state index in [4.69, 9.17) is 5.84 Å². The Labute approximate surface area is 113 Å². The molecule has 6 nitrogen and oxygen atoms in total. The van der Waals surface area contributed by atoms with Crippen molar-refractivity contribution in [3.63, 3.8) is 0 Å². The number of hydrogen-bond acceptors (Lipinski definition) is 6. The largest absolute Gasteiger partial charge is 0.299 e. The highest BCUT2D eigenvalue weighted by Gasteiger charge is 2.03. The number of aromatic nitrogens is 2. The number of nitrogen functional groups attached to an aromatic ring is 1. The minimum atomic E-state index is 0.0434. The lowest BCUT2D eigenvalue weighted by atomic mass is 10.1. The maximum absolute atomic E-state index is 10.6. The molecule has 19 heavy (non-hydrogen) atoms. The van der Waals surface area contributed by atoms with E-state index >= 15 is 0 Å². The summed E-state index contributed by atoms with van der Waals surface area (Å²) in [5.74, 6) is 5.67. The molecule has 0 amide bonds. The van der Waals surface area contributed by atoms with Gasteiger partial charge in [0, 0.05) is 24.2 Å². The first-order chi connectivity index (χ1) is 8.92. The van der Waals surface area contributed by atoms with Crippen molar-refractivity contribution in [3.8, 4) is 0 Å². The highest BCUT2D eigenvalue weighted by Crippen LogP contribution is 2.00. The van der Waals surface area contributed by atoms with E-state index in [0.717, 1.165) is 11.4 Å². The molecule has 1 aromatic heterocycles. The van der Waals surface area contributed by atoms with Crippen molar-refractivity contribution in [1.29, 1.82) is 0 Å². The summed E-state index contributed by atoms with van der Waals surface area (Å²) < 4.78 is 0. The molecule has 0 aliphatic carbocycles. The summed E-state index contributed by atoms with van der Waals surface area (Å²) in [6.07, 6.45) is 1.09. The number of hydrogen-bond donors (Lipinski definition) is 2. The predicted octanol–water partition coefficient (Wildman–Crippen LogP) is 1.71. The van der Waals surface area contributed by atoms with Crippen molar-refractivity contribution in [2.45, 2.75) is 47.0 Å². The monoisotopic (exact) mass is 266 g/mol. The van der Waals surface area contributed by atoms with Gasteiger partial charge in [-0.3, -0.25) is 15.0 Å². The Balaban J connectivity index is 0.000000344. The molecule has 0 saturated heterocycles. The predicted molar refractivity (Wildman–Crippen MR) is 74.5 cm³/mol. The highest BCUT2D eigenvalue weighted by molar-refractivity contribution is 5.98. The van der Waals surface area contributed by atoms with Crippen LogP contribution < -0.4 is 11.3 Å². The molecule has 0 atom stereocenters. The smallest absolute Gasteiger partial charge is 0.237 e. The number of aryl methyl sites for hydroxylation is 2. The van der Waals surface area contributed by atoms with Gasteiger partial charge in [-0.15, -0.1) is 0 Å². The second-order valence-corrected chi connectivity index (χ2v) is 4.08. The number of hydrazine groups is 1. The third-order valence-electron chi connectivity index (χ3n) is 2.29. The van der Waals surface area contributed by atoms with E-state index in [1.807, 2.05) is 19.9 Å². The van der Waals surface area contributed by atoms with Crippen LogP contribution in [0.4, 0.5) is 5.95 Å². The highest BCUT2D eigenvalue weighted by atomic mass is 16.1. The number of nitrogens with one attached hydrogen (secondary N) is 1. The Morgan fingerprint density at radius 1 is 1.11 bits per heavy atom. The number of rotatable bonds is 5. The quantitative estimate of drug-likeness (QED) is 0.478. The van der Waals surface area contributed by atoms with Crippen LogP contribution in [-0.4, -0.2) is 21.5 Å². The first-order valence-electron chi connectivity index (χ1n) is 6.25. The summed E-state index contributed by atoms with van der Waals surface area (Å²) >= 11 is 0. The summed E-state index contributed by atoms with van der Waals surface area (Å²) in [6, 6.07) is 1.89. The second-order valence-electron chi connectivity index (χ2n) is 4.08. The summed E-state index contributed by atoms with van der Waals surface area (Å²) in [5, 5.41) is 0. The molecular formula is C13H22N4O2. The minimum Gasteiger partial charge on any atom is -0.299 e. The van der Waals surface area contributed by atoms with Gasteiger partial charge >= 0.3 is 0 Å². The van der Waals surface area contributed by atoms with Crippen molar-refractivity contribution in [3.05, 3.63) is 17.5 Å². The lowest BCUT2D eigenvalue weighted by Gasteiger charge is -1.99. The summed E-state index contributed by atoms with van der Waals surface area (Å²) in [6.45, 7) is 7.33. The first-order valence-corrected chi connectivity index (χ1v) is 6.25. The van der Waals surface area contributed by atoms with Crippen LogP contribution in [0, 0.1) is 13.8 Å². The maximum atomic E-state index is 10.6. The average molecular weight is 266 g/mol. The van der Waals surface area contributed by atoms with Gasteiger partial charge < -0.3 is 0 Å². The Bertz CT molecular complexity index is 398. The third kappa shape index (κ3) is 7.99. The molecule has 0 aliphatic heterocycles. The molecule has 3 N–H and O–H groups in total. The fraction of sp³-hybridized carbons (Fsp3) is 0.538. The second kappa shape index (κ2) is 9.16. The van der Waals surface area contributed by atoms with Gasteiger partial charge in [0.05, 0.1) is 6.42 Å². The third-order valence-corrected chi connectivity index (χ3v) is 2.29. The van der Waals surface area contributed by atoms with Crippen molar-refractivity contribution >= 4 is 17.5 Å². The lowest BCUT2D eigenvalue weighted by Crippen LogP contribution is -2.11. The fourth-order valence-electron chi connectivity index (χ4n) is 1.26. The van der Waals surface area contributed by atoms with Crippen molar-refractivity contribution in [1.82, 2.24) is 9.97 Å². The number of anilines is 1. The maximum Gasteiger partial charge on any atom is 0.237 e. The van der Waals surface area contributed by atoms with E-state index in [2.05, 4.69) is 15.4 Å². The van der Waals surface area contributed by atoms with Gasteiger partial charge in [-0.05, 0) is 19.9 Å². The molecule has 1 rings (SSSR count). The summed E-state index contributed by atoms with van der Waals surface area (Å²) in [5.41, 5.74) is 4.22. The molecule has 1 aromatic rings. The van der Waals surface area contributed by atoms with Crippen LogP contribution in [0.25, 0.3) is 0 Å². The van der Waals surface area contributed by atoms with E-state index in [-0.39, 0.29) is 18.0 Å². The van der Waals surface area contributed by atoms with E-state index in [1.54, 1.807) is 13.8 Å². The number of nitrogens with two attached hydrogens (primary N) is 1. The zero-order valence-electron chi connectivity index (χ0n) is 12.0. The van der Waals surface area contributed by atoms with Crippen LogP contribution in [0.2, 0.25) is 0 Å². The van der Waals surface area contributed by atoms with E-state index in [1.165, 1.54) is 0 Å². The number of carbonyl (C=O) groups excluding carboxylic acids is 2. The van der Waals surface area contributed by atoms with Crippen molar-refractivity contribution < 1.29 is 9.59 Å². The molecule has 0 spiro atoms. The first kappa shape index (κ1) is 17.2. The average Bonchev–Trinajstić information content (AvgIpc) is 2.37. The number of ketones is 2. The lowest BCUT2D eigenvalue weighted by molar-refractivity contribution is -0.126. The van der Waals surface area contributed by atoms with Crippen LogP contribution in [0.15, 0.2) is 6.07 Å². The van der Waals surface area contributed by atoms with Gasteiger partial charge in [0.2, 0.25) is 5.95 Å². The van der Waals surface area contributed by atoms with E-state index in [9.17, 15) is 9.59 Å². The summed E-state index contributed by atoms with van der Waals surface area (Å²) in [7, 11) is 0. The fourth-order valence-corrected chi connectivity index (χ4v) is 1.26. The van der Waals surface area contributed by atoms with Gasteiger partial charge in [-0.1, -0.05) is 13.8 Å². The SMILES string of the molecule is CCC(=O)CC(=O)CC.Cc1cc(C)nc(NN)n1. The van der Waals surface area contributed by atoms with Crippen molar-refractivity contribution in [2.75, 3.05) is 5.43 Å². The Hall–Kier alpha value is -1.82. The number of nitrogens with zero attached hydrogens (tertiary/aromatic N) is 2. The molecule has 6 heteroatoms. The molecule has 0 aromatic carbocycles. The van der Waals surface area contributed by atoms with Gasteiger partial charge in [0.25, 0.3) is 0 Å². The molecule has 0 bridgehead atoms. The van der Waals surface area contributed by atoms with Crippen LogP contribution in [0.5, 0.6) is 0 Å². The van der Waals surface area contributed by atoms with Crippen molar-refractivity contribution in [2.24, 2.45) is 5.84 Å². The number of Topliss-reactive ketones (excluding diaryl/α,β-unsaturated/α-hetero) is 2. The van der Waals surface area contributed by atoms with Crippen LogP contribution >= 0.6 is 0 Å². The number of carbonyl (C=O) groups is 2. The molecular weight excluding hydrogens is 244 g/mol. The van der Waals surface area contributed by atoms with Crippen LogP contribution in [0.1, 0.15) is 44.5 Å². The topological polar surface area (TPSA) is 98.0 Å². The van der Waals surface area contributed by atoms with Crippen LogP contribution in [-0.2, 0) is 9.59 Å². The molecule has 0 fully saturated rings. The molecule has 0 saturated carbocycles. The van der Waals surface area contributed by atoms with Gasteiger partial charge in [-0.2, -0.15) is 0 Å². The molecule has 0 aliphatic rings. The molecule has 0 radical (unpaired) electrons. The van der Waals surface area contributed by atoms with Gasteiger partial charge in [-0.25, -0.2) is 15.8 Å². The van der Waals surface area contributed by atoms with E-state index < -0.39 is 0 Å². The summed E-state index contributed by atoms with van der Waals surface area (Å²) in [4.78, 5) is 29.1. The Morgan fingerprint density at radius 2 is 1.53 bits per heavy atom. The zero-order chi connectivity index (χ0) is 14.8. The zero-order valence-corrected chi connectivity index (χ0v) is 12.0. The normalized spacial score (nSPS) is 9.32. The minimum absolute atomic E-state index is 0.0434. The van der Waals surface area contributed by atoms with E-state index in [0.29, 0.717) is 18.8 Å². The van der Waals surface area contributed by atoms with Crippen LogP contribution in [0.3, 0.4) is 0 Å². The van der Waals surface area contributed by atoms with Gasteiger partial charge in [0.1, 0.15) is 11.6 Å².